The van der Waals surface area contributed by atoms with E-state index < -0.39 is 5.91 Å². The van der Waals surface area contributed by atoms with Crippen molar-refractivity contribution in [3.8, 4) is 5.75 Å². The molecule has 0 saturated carbocycles. The lowest BCUT2D eigenvalue weighted by Crippen LogP contribution is -2.49. The normalized spacial score (nSPS) is 19.0. The fraction of sp³-hybridized carbons (Fsp3) is 0.560. The Morgan fingerprint density at radius 1 is 1.12 bits per heavy atom. The van der Waals surface area contributed by atoms with Crippen LogP contribution in [-0.4, -0.2) is 58.6 Å². The Balaban J connectivity index is 1.53. The molecule has 2 heterocycles. The summed E-state index contributed by atoms with van der Waals surface area (Å²) in [6, 6.07) is 5.85. The Hall–Kier alpha value is -2.67. The van der Waals surface area contributed by atoms with Crippen LogP contribution in [0.25, 0.3) is 0 Å². The molecule has 1 spiro atoms. The van der Waals surface area contributed by atoms with Crippen molar-refractivity contribution in [1.82, 2.24) is 9.80 Å². The van der Waals surface area contributed by atoms with E-state index in [0.717, 1.165) is 63.4 Å². The molecular formula is C25H36N4O3. The summed E-state index contributed by atoms with van der Waals surface area (Å²) >= 11 is 0. The summed E-state index contributed by atoms with van der Waals surface area (Å²) in [6.07, 6.45) is 7.23. The standard InChI is InChI=1S/C25H36N4O3/c1-18(2)16-20-19(4-3-5-22(20)30)17-28-12-8-25(9-13-28)10-14-29(15-11-25)24(32)21(26)6-7-23(27)31/h3-7,18,26,30H,8-17H2,1-2H3,(H2,27,31)/b7-6-,26-21?. The molecule has 7 nitrogen and oxygen atoms in total. The van der Waals surface area contributed by atoms with E-state index in [1.54, 1.807) is 11.0 Å². The van der Waals surface area contributed by atoms with Crippen LogP contribution in [0, 0.1) is 16.7 Å². The summed E-state index contributed by atoms with van der Waals surface area (Å²) in [5.74, 6) is -0.101. The van der Waals surface area contributed by atoms with Gasteiger partial charge in [-0.15, -0.1) is 0 Å². The highest BCUT2D eigenvalue weighted by Crippen LogP contribution is 2.41. The van der Waals surface area contributed by atoms with Crippen molar-refractivity contribution in [2.24, 2.45) is 17.1 Å². The number of hydrogen-bond donors (Lipinski definition) is 3. The average molecular weight is 441 g/mol. The molecule has 2 amide bonds. The van der Waals surface area contributed by atoms with Crippen molar-refractivity contribution in [3.05, 3.63) is 41.5 Å². The van der Waals surface area contributed by atoms with Gasteiger partial charge in [0.1, 0.15) is 11.5 Å². The monoisotopic (exact) mass is 440 g/mol. The Bertz CT molecular complexity index is 875. The molecule has 2 aliphatic heterocycles. The molecule has 2 fully saturated rings. The van der Waals surface area contributed by atoms with E-state index in [2.05, 4.69) is 24.8 Å². The second-order valence-electron chi connectivity index (χ2n) is 9.73. The Kier molecular flexibility index (Phi) is 7.72. The zero-order valence-electron chi connectivity index (χ0n) is 19.3. The minimum Gasteiger partial charge on any atom is -0.508 e. The summed E-state index contributed by atoms with van der Waals surface area (Å²) in [5, 5.41) is 18.2. The number of nitrogens with zero attached hydrogens (tertiary/aromatic N) is 2. The first-order valence-corrected chi connectivity index (χ1v) is 11.6. The lowest BCUT2D eigenvalue weighted by atomic mass is 9.71. The number of phenols is 1. The predicted molar refractivity (Wildman–Crippen MR) is 125 cm³/mol. The van der Waals surface area contributed by atoms with E-state index in [0.29, 0.717) is 24.8 Å². The summed E-state index contributed by atoms with van der Waals surface area (Å²) in [5.41, 5.74) is 7.40. The summed E-state index contributed by atoms with van der Waals surface area (Å²) < 4.78 is 0. The highest BCUT2D eigenvalue weighted by Gasteiger charge is 2.38. The molecule has 7 heteroatoms. The van der Waals surface area contributed by atoms with Crippen LogP contribution in [0.4, 0.5) is 0 Å². The van der Waals surface area contributed by atoms with Gasteiger partial charge in [-0.25, -0.2) is 0 Å². The van der Waals surface area contributed by atoms with Gasteiger partial charge in [0.15, 0.2) is 0 Å². The van der Waals surface area contributed by atoms with E-state index in [1.165, 1.54) is 11.6 Å². The molecule has 0 bridgehead atoms. The zero-order chi connectivity index (χ0) is 23.3. The van der Waals surface area contributed by atoms with Crippen LogP contribution in [0.2, 0.25) is 0 Å². The largest absolute Gasteiger partial charge is 0.508 e. The van der Waals surface area contributed by atoms with Gasteiger partial charge in [-0.2, -0.15) is 0 Å². The zero-order valence-corrected chi connectivity index (χ0v) is 19.3. The molecule has 32 heavy (non-hydrogen) atoms. The minimum atomic E-state index is -0.658. The molecule has 0 unspecified atom stereocenters. The van der Waals surface area contributed by atoms with E-state index in [9.17, 15) is 14.7 Å². The molecule has 0 atom stereocenters. The van der Waals surface area contributed by atoms with E-state index >= 15 is 0 Å². The third-order valence-corrected chi connectivity index (χ3v) is 6.93. The highest BCUT2D eigenvalue weighted by molar-refractivity contribution is 6.42. The number of piperidine rings is 2. The minimum absolute atomic E-state index is 0.196. The second kappa shape index (κ2) is 10.3. The second-order valence-corrected chi connectivity index (χ2v) is 9.73. The van der Waals surface area contributed by atoms with Gasteiger partial charge in [0.25, 0.3) is 5.91 Å². The number of aromatic hydroxyl groups is 1. The van der Waals surface area contributed by atoms with Crippen molar-refractivity contribution >= 4 is 17.5 Å². The number of phenolic OH excluding ortho intramolecular Hbond substituents is 1. The molecule has 0 aromatic heterocycles. The van der Waals surface area contributed by atoms with E-state index in [4.69, 9.17) is 11.1 Å². The number of nitrogens with two attached hydrogens (primary N) is 1. The number of nitrogens with one attached hydrogen (secondary N) is 1. The fourth-order valence-electron chi connectivity index (χ4n) is 4.93. The summed E-state index contributed by atoms with van der Waals surface area (Å²) in [4.78, 5) is 27.5. The van der Waals surface area contributed by atoms with Crippen LogP contribution in [0.5, 0.6) is 5.75 Å². The van der Waals surface area contributed by atoms with Gasteiger partial charge in [0, 0.05) is 25.7 Å². The Morgan fingerprint density at radius 2 is 1.75 bits per heavy atom. The molecule has 174 valence electrons. The first kappa shape index (κ1) is 24.0. The van der Waals surface area contributed by atoms with Gasteiger partial charge in [-0.1, -0.05) is 26.0 Å². The van der Waals surface area contributed by atoms with Gasteiger partial charge in [-0.3, -0.25) is 19.9 Å². The third-order valence-electron chi connectivity index (χ3n) is 6.93. The Labute approximate surface area is 190 Å². The lowest BCUT2D eigenvalue weighted by Gasteiger charge is -2.47. The number of benzene rings is 1. The number of hydrogen-bond acceptors (Lipinski definition) is 5. The van der Waals surface area contributed by atoms with Gasteiger partial charge in [0.05, 0.1) is 0 Å². The summed E-state index contributed by atoms with van der Waals surface area (Å²) in [6.45, 7) is 8.54. The predicted octanol–water partition coefficient (Wildman–Crippen LogP) is 2.86. The maximum Gasteiger partial charge on any atom is 0.271 e. The van der Waals surface area contributed by atoms with Crippen LogP contribution in [0.1, 0.15) is 50.7 Å². The van der Waals surface area contributed by atoms with Crippen molar-refractivity contribution in [2.75, 3.05) is 26.2 Å². The van der Waals surface area contributed by atoms with E-state index in [1.807, 2.05) is 6.07 Å². The number of likely N-dealkylation sites (tertiary alicyclic amines) is 2. The topological polar surface area (TPSA) is 111 Å². The van der Waals surface area contributed by atoms with Crippen LogP contribution in [0.3, 0.4) is 0 Å². The first-order valence-electron chi connectivity index (χ1n) is 11.6. The highest BCUT2D eigenvalue weighted by atomic mass is 16.3. The van der Waals surface area contributed by atoms with Crippen LogP contribution in [-0.2, 0) is 22.6 Å². The van der Waals surface area contributed by atoms with Crippen molar-refractivity contribution < 1.29 is 14.7 Å². The van der Waals surface area contributed by atoms with Gasteiger partial charge >= 0.3 is 0 Å². The molecule has 0 radical (unpaired) electrons. The average Bonchev–Trinajstić information content (AvgIpc) is 2.76. The SMILES string of the molecule is CC(C)Cc1c(O)cccc1CN1CCC2(CC1)CCN(C(=O)C(=N)/C=C\C(N)=O)CC2. The van der Waals surface area contributed by atoms with Crippen molar-refractivity contribution in [2.45, 2.75) is 52.5 Å². The quantitative estimate of drug-likeness (QED) is 0.447. The number of carbonyl (C=O) groups is 2. The molecule has 2 saturated heterocycles. The fourth-order valence-corrected chi connectivity index (χ4v) is 4.93. The molecule has 1 aromatic carbocycles. The van der Waals surface area contributed by atoms with Crippen LogP contribution in [0.15, 0.2) is 30.4 Å². The molecule has 1 aromatic rings. The molecule has 2 aliphatic rings. The van der Waals surface area contributed by atoms with Gasteiger partial charge in [0.2, 0.25) is 5.91 Å². The maximum atomic E-state index is 12.4. The summed E-state index contributed by atoms with van der Waals surface area (Å²) in [7, 11) is 0. The van der Waals surface area contributed by atoms with Crippen molar-refractivity contribution in [1.29, 1.82) is 5.41 Å². The third kappa shape index (κ3) is 5.97. The number of rotatable bonds is 7. The Morgan fingerprint density at radius 3 is 2.34 bits per heavy atom. The van der Waals surface area contributed by atoms with Crippen LogP contribution < -0.4 is 5.73 Å². The molecular weight excluding hydrogens is 404 g/mol. The molecule has 0 aliphatic carbocycles. The lowest BCUT2D eigenvalue weighted by molar-refractivity contribution is -0.126. The van der Waals surface area contributed by atoms with Crippen molar-refractivity contribution in [3.63, 3.8) is 0 Å². The molecule has 3 rings (SSSR count). The number of carbonyl (C=O) groups excluding carboxylic acids is 2. The number of primary amides is 1. The number of amides is 2. The van der Waals surface area contributed by atoms with Gasteiger partial charge < -0.3 is 15.7 Å². The smallest absolute Gasteiger partial charge is 0.271 e. The van der Waals surface area contributed by atoms with E-state index in [-0.39, 0.29) is 17.0 Å². The first-order chi connectivity index (χ1) is 15.2. The maximum absolute atomic E-state index is 12.4. The molecule has 4 N–H and O–H groups in total. The van der Waals surface area contributed by atoms with Crippen LogP contribution >= 0.6 is 0 Å². The van der Waals surface area contributed by atoms with Gasteiger partial charge in [-0.05, 0) is 79.8 Å².